The predicted octanol–water partition coefficient (Wildman–Crippen LogP) is 8.93. The average molecular weight is 735 g/mol. The van der Waals surface area contributed by atoms with Gasteiger partial charge in [-0.25, -0.2) is 19.2 Å². The largest absolute Gasteiger partial charge is 0.494 e. The summed E-state index contributed by atoms with van der Waals surface area (Å²) in [5.41, 5.74) is 3.23. The molecule has 0 N–H and O–H groups in total. The van der Waals surface area contributed by atoms with Crippen LogP contribution < -0.4 is 18.9 Å². The third-order valence-corrected chi connectivity index (χ3v) is 7.62. The highest BCUT2D eigenvalue weighted by Gasteiger charge is 2.13. The molecule has 12 nitrogen and oxygen atoms in total. The van der Waals surface area contributed by atoms with Crippen molar-refractivity contribution >= 4 is 35.3 Å². The summed E-state index contributed by atoms with van der Waals surface area (Å²) in [5.74, 6) is 0.0701. The highest BCUT2D eigenvalue weighted by molar-refractivity contribution is 5.92. The molecule has 0 aliphatic rings. The number of nitrogens with zero attached hydrogens (tertiary/aromatic N) is 2. The standard InChI is InChI=1S/C42H42N2O10/c1-5-39(45)51-25-9-7-23-49-35-17-11-31(12-18-35)41(47)53-37-21-15-33(27-29(37)3)43-44-34-16-22-38(30(4)28-34)54-42(48)32-13-19-36(20-14-32)50-24-8-10-26-52-40(46)6-2/h5-6,11-22,27-28H,1-2,7-10,23-26H2,3-4H3. The molecule has 0 fully saturated rings. The van der Waals surface area contributed by atoms with Crippen molar-refractivity contribution < 1.29 is 47.6 Å². The molecule has 4 rings (SSSR count). The maximum atomic E-state index is 12.8. The van der Waals surface area contributed by atoms with Crippen molar-refractivity contribution in [2.45, 2.75) is 39.5 Å². The molecule has 0 saturated heterocycles. The summed E-state index contributed by atoms with van der Waals surface area (Å²) in [6, 6.07) is 23.5. The SMILES string of the molecule is C=CC(=O)OCCCCOc1ccc(C(=O)Oc2ccc(N=Nc3ccc(OC(=O)c4ccc(OCCCCOC(=O)C=C)cc4)c(C)c3)cc2C)cc1. The second-order valence-corrected chi connectivity index (χ2v) is 11.8. The predicted molar refractivity (Wildman–Crippen MR) is 201 cm³/mol. The van der Waals surface area contributed by atoms with Gasteiger partial charge >= 0.3 is 23.9 Å². The highest BCUT2D eigenvalue weighted by atomic mass is 16.5. The van der Waals surface area contributed by atoms with Gasteiger partial charge in [0.2, 0.25) is 0 Å². The van der Waals surface area contributed by atoms with Gasteiger partial charge in [-0.1, -0.05) is 13.2 Å². The normalized spacial score (nSPS) is 10.6. The number of azo groups is 1. The lowest BCUT2D eigenvalue weighted by Crippen LogP contribution is -2.09. The first-order valence-corrected chi connectivity index (χ1v) is 17.3. The number of hydrogen-bond donors (Lipinski definition) is 0. The Labute approximate surface area is 314 Å². The zero-order valence-electron chi connectivity index (χ0n) is 30.3. The summed E-state index contributed by atoms with van der Waals surface area (Å²) in [4.78, 5) is 47.7. The molecule has 0 radical (unpaired) electrons. The number of carbonyl (C=O) groups excluding carboxylic acids is 4. The number of aryl methyl sites for hydroxylation is 2. The zero-order chi connectivity index (χ0) is 38.7. The minimum Gasteiger partial charge on any atom is -0.494 e. The molecule has 0 atom stereocenters. The van der Waals surface area contributed by atoms with Gasteiger partial charge in [-0.15, -0.1) is 0 Å². The van der Waals surface area contributed by atoms with E-state index in [4.69, 9.17) is 28.4 Å². The van der Waals surface area contributed by atoms with Crippen LogP contribution in [0.15, 0.2) is 120 Å². The van der Waals surface area contributed by atoms with Gasteiger partial charge in [0, 0.05) is 12.2 Å². The summed E-state index contributed by atoms with van der Waals surface area (Å²) in [6.07, 6.45) is 4.97. The molecule has 0 saturated carbocycles. The van der Waals surface area contributed by atoms with Crippen molar-refractivity contribution in [2.75, 3.05) is 26.4 Å². The van der Waals surface area contributed by atoms with Crippen LogP contribution in [-0.2, 0) is 19.1 Å². The number of benzene rings is 4. The molecule has 0 bridgehead atoms. The van der Waals surface area contributed by atoms with Crippen molar-refractivity contribution in [3.8, 4) is 23.0 Å². The van der Waals surface area contributed by atoms with Crippen LogP contribution >= 0.6 is 0 Å². The molecule has 54 heavy (non-hydrogen) atoms. The van der Waals surface area contributed by atoms with Gasteiger partial charge in [-0.3, -0.25) is 0 Å². The van der Waals surface area contributed by atoms with Crippen molar-refractivity contribution in [3.63, 3.8) is 0 Å². The maximum Gasteiger partial charge on any atom is 0.343 e. The Kier molecular flexibility index (Phi) is 15.7. The topological polar surface area (TPSA) is 148 Å². The molecule has 0 aliphatic carbocycles. The number of esters is 4. The lowest BCUT2D eigenvalue weighted by molar-refractivity contribution is -0.138. The zero-order valence-corrected chi connectivity index (χ0v) is 30.3. The van der Waals surface area contributed by atoms with Gasteiger partial charge in [0.15, 0.2) is 0 Å². The first-order chi connectivity index (χ1) is 26.1. The first-order valence-electron chi connectivity index (χ1n) is 17.3. The van der Waals surface area contributed by atoms with Crippen molar-refractivity contribution in [1.82, 2.24) is 0 Å². The van der Waals surface area contributed by atoms with E-state index in [-0.39, 0.29) is 0 Å². The molecular formula is C42H42N2O10. The molecule has 0 spiro atoms. The molecule has 0 aromatic heterocycles. The molecule has 4 aromatic rings. The van der Waals surface area contributed by atoms with E-state index < -0.39 is 23.9 Å². The van der Waals surface area contributed by atoms with E-state index >= 15 is 0 Å². The summed E-state index contributed by atoms with van der Waals surface area (Å²) >= 11 is 0. The van der Waals surface area contributed by atoms with Gasteiger partial charge in [0.1, 0.15) is 23.0 Å². The Hall–Kier alpha value is -6.56. The first kappa shape index (κ1) is 40.2. The number of hydrogen-bond acceptors (Lipinski definition) is 12. The van der Waals surface area contributed by atoms with Crippen LogP contribution in [0.25, 0.3) is 0 Å². The minimum atomic E-state index is -0.515. The van der Waals surface area contributed by atoms with E-state index in [0.29, 0.717) is 109 Å². The molecule has 0 aliphatic heterocycles. The number of carbonyl (C=O) groups is 4. The maximum absolute atomic E-state index is 12.8. The van der Waals surface area contributed by atoms with Gasteiger partial charge in [-0.05, 0) is 136 Å². The summed E-state index contributed by atoms with van der Waals surface area (Å²) in [6.45, 7) is 11.8. The van der Waals surface area contributed by atoms with Crippen LogP contribution in [0.5, 0.6) is 23.0 Å². The molecule has 0 heterocycles. The van der Waals surface area contributed by atoms with Crippen molar-refractivity contribution in [3.05, 3.63) is 132 Å². The van der Waals surface area contributed by atoms with E-state index in [9.17, 15) is 19.2 Å². The Balaban J connectivity index is 1.22. The second kappa shape index (κ2) is 21.1. The Morgan fingerprint density at radius 2 is 0.907 bits per heavy atom. The van der Waals surface area contributed by atoms with E-state index in [0.717, 1.165) is 12.2 Å². The summed E-state index contributed by atoms with van der Waals surface area (Å²) in [5, 5.41) is 8.63. The summed E-state index contributed by atoms with van der Waals surface area (Å²) in [7, 11) is 0. The van der Waals surface area contributed by atoms with E-state index in [1.165, 1.54) is 0 Å². The van der Waals surface area contributed by atoms with E-state index in [1.54, 1.807) is 98.8 Å². The monoisotopic (exact) mass is 734 g/mol. The van der Waals surface area contributed by atoms with Gasteiger partial charge in [0.25, 0.3) is 0 Å². The Morgan fingerprint density at radius 3 is 1.26 bits per heavy atom. The fraction of sp³-hybridized carbons (Fsp3) is 0.238. The average Bonchev–Trinajstić information content (AvgIpc) is 3.18. The van der Waals surface area contributed by atoms with Gasteiger partial charge in [0.05, 0.1) is 48.9 Å². The van der Waals surface area contributed by atoms with Crippen LogP contribution in [0.1, 0.15) is 57.5 Å². The Bertz CT molecular complexity index is 1810. The highest BCUT2D eigenvalue weighted by Crippen LogP contribution is 2.29. The molecule has 4 aromatic carbocycles. The van der Waals surface area contributed by atoms with Gasteiger partial charge in [-0.2, -0.15) is 10.2 Å². The molecule has 12 heteroatoms. The van der Waals surface area contributed by atoms with Crippen LogP contribution in [0, 0.1) is 13.8 Å². The van der Waals surface area contributed by atoms with Gasteiger partial charge < -0.3 is 28.4 Å². The smallest absolute Gasteiger partial charge is 0.343 e. The molecule has 0 unspecified atom stereocenters. The number of ether oxygens (including phenoxy) is 6. The van der Waals surface area contributed by atoms with E-state index in [2.05, 4.69) is 23.4 Å². The Morgan fingerprint density at radius 1 is 0.537 bits per heavy atom. The number of rotatable bonds is 20. The quantitative estimate of drug-likeness (QED) is 0.0283. The van der Waals surface area contributed by atoms with Crippen LogP contribution in [0.2, 0.25) is 0 Å². The van der Waals surface area contributed by atoms with Crippen molar-refractivity contribution in [2.24, 2.45) is 10.2 Å². The van der Waals surface area contributed by atoms with Crippen LogP contribution in [0.3, 0.4) is 0 Å². The van der Waals surface area contributed by atoms with E-state index in [1.807, 2.05) is 0 Å². The van der Waals surface area contributed by atoms with Crippen LogP contribution in [-0.4, -0.2) is 50.3 Å². The summed E-state index contributed by atoms with van der Waals surface area (Å²) < 4.78 is 32.5. The lowest BCUT2D eigenvalue weighted by atomic mass is 10.2. The van der Waals surface area contributed by atoms with Crippen molar-refractivity contribution in [1.29, 1.82) is 0 Å². The lowest BCUT2D eigenvalue weighted by Gasteiger charge is -2.10. The molecular weight excluding hydrogens is 692 g/mol. The minimum absolute atomic E-state index is 0.301. The van der Waals surface area contributed by atoms with Crippen LogP contribution in [0.4, 0.5) is 11.4 Å². The molecule has 0 amide bonds. The number of unbranched alkanes of at least 4 members (excludes halogenated alkanes) is 2. The molecule has 280 valence electrons. The fourth-order valence-electron chi connectivity index (χ4n) is 4.68. The fourth-order valence-corrected chi connectivity index (χ4v) is 4.68. The third-order valence-electron chi connectivity index (χ3n) is 7.62. The second-order valence-electron chi connectivity index (χ2n) is 11.8. The third kappa shape index (κ3) is 13.2.